The molecule has 0 bridgehead atoms. The summed E-state index contributed by atoms with van der Waals surface area (Å²) in [6, 6.07) is 6.50. The molecule has 1 atom stereocenters. The summed E-state index contributed by atoms with van der Waals surface area (Å²) in [7, 11) is 0. The summed E-state index contributed by atoms with van der Waals surface area (Å²) in [6.07, 6.45) is 5.10. The zero-order chi connectivity index (χ0) is 19.1. The van der Waals surface area contributed by atoms with Crippen LogP contribution in [0.25, 0.3) is 5.69 Å². The number of ether oxygens (including phenoxy) is 2. The van der Waals surface area contributed by atoms with Crippen molar-refractivity contribution in [2.45, 2.75) is 50.9 Å². The predicted octanol–water partition coefficient (Wildman–Crippen LogP) is 2.87. The standard InChI is InChI=1S/C21H24FN3O3/c22-15-7-1-2-8-17(15)25-16-10-5-6-14(16)19(23-25)20(26)24-11-4-3-9-18(24)21-27-12-13-28-21/h1-2,7-8,18,21H,3-6,9-13H2. The van der Waals surface area contributed by atoms with Gasteiger partial charge >= 0.3 is 0 Å². The molecule has 7 heteroatoms. The van der Waals surface area contributed by atoms with E-state index in [0.29, 0.717) is 31.1 Å². The van der Waals surface area contributed by atoms with Crippen LogP contribution in [-0.4, -0.2) is 52.7 Å². The molecule has 0 N–H and O–H groups in total. The van der Waals surface area contributed by atoms with Gasteiger partial charge in [0.15, 0.2) is 12.0 Å². The SMILES string of the molecule is O=C(c1nn(-c2ccccc2F)c2c1CCC2)N1CCCCC1C1OCCO1. The molecular weight excluding hydrogens is 361 g/mol. The molecule has 1 amide bonds. The molecule has 148 valence electrons. The first-order valence-corrected chi connectivity index (χ1v) is 10.1. The topological polar surface area (TPSA) is 56.6 Å². The predicted molar refractivity (Wildman–Crippen MR) is 99.9 cm³/mol. The number of carbonyl (C=O) groups excluding carboxylic acids is 1. The monoisotopic (exact) mass is 385 g/mol. The van der Waals surface area contributed by atoms with Crippen LogP contribution in [0.5, 0.6) is 0 Å². The van der Waals surface area contributed by atoms with Crippen LogP contribution in [0.15, 0.2) is 24.3 Å². The van der Waals surface area contributed by atoms with Gasteiger partial charge in [-0.1, -0.05) is 12.1 Å². The fraction of sp³-hybridized carbons (Fsp3) is 0.524. The Balaban J connectivity index is 1.51. The Morgan fingerprint density at radius 3 is 2.75 bits per heavy atom. The van der Waals surface area contributed by atoms with Crippen LogP contribution >= 0.6 is 0 Å². The fourth-order valence-electron chi connectivity index (χ4n) is 4.66. The molecule has 0 spiro atoms. The molecule has 2 aliphatic heterocycles. The van der Waals surface area contributed by atoms with Crippen molar-refractivity contribution in [2.24, 2.45) is 0 Å². The number of para-hydroxylation sites is 1. The lowest BCUT2D eigenvalue weighted by molar-refractivity contribution is -0.100. The molecule has 3 aliphatic rings. The van der Waals surface area contributed by atoms with E-state index in [1.165, 1.54) is 6.07 Å². The molecule has 2 saturated heterocycles. The van der Waals surface area contributed by atoms with Crippen molar-refractivity contribution in [3.8, 4) is 5.69 Å². The second kappa shape index (κ2) is 7.29. The van der Waals surface area contributed by atoms with Crippen LogP contribution in [-0.2, 0) is 22.3 Å². The molecule has 0 radical (unpaired) electrons. The molecule has 1 unspecified atom stereocenters. The van der Waals surface area contributed by atoms with Gasteiger partial charge in [-0.25, -0.2) is 9.07 Å². The van der Waals surface area contributed by atoms with Gasteiger partial charge in [-0.05, 0) is 50.7 Å². The first-order chi connectivity index (χ1) is 13.7. The van der Waals surface area contributed by atoms with Crippen molar-refractivity contribution in [3.63, 3.8) is 0 Å². The Morgan fingerprint density at radius 1 is 1.11 bits per heavy atom. The van der Waals surface area contributed by atoms with E-state index in [1.807, 2.05) is 4.90 Å². The Labute approximate surface area is 163 Å². The summed E-state index contributed by atoms with van der Waals surface area (Å²) < 4.78 is 27.4. The van der Waals surface area contributed by atoms with Crippen molar-refractivity contribution < 1.29 is 18.7 Å². The quantitative estimate of drug-likeness (QED) is 0.815. The Bertz CT molecular complexity index is 891. The van der Waals surface area contributed by atoms with Gasteiger partial charge in [0.2, 0.25) is 0 Å². The van der Waals surface area contributed by atoms with Gasteiger partial charge in [0, 0.05) is 17.8 Å². The summed E-state index contributed by atoms with van der Waals surface area (Å²) in [6.45, 7) is 1.81. The smallest absolute Gasteiger partial charge is 0.275 e. The van der Waals surface area contributed by atoms with Gasteiger partial charge in [0.1, 0.15) is 11.5 Å². The third kappa shape index (κ3) is 2.93. The minimum Gasteiger partial charge on any atom is -0.348 e. The molecule has 0 saturated carbocycles. The van der Waals surface area contributed by atoms with E-state index < -0.39 is 0 Å². The number of rotatable bonds is 3. The number of hydrogen-bond donors (Lipinski definition) is 0. The minimum atomic E-state index is -0.356. The van der Waals surface area contributed by atoms with Crippen molar-refractivity contribution >= 4 is 5.91 Å². The summed E-state index contributed by atoms with van der Waals surface area (Å²) in [5, 5.41) is 4.60. The number of amides is 1. The zero-order valence-electron chi connectivity index (χ0n) is 15.8. The van der Waals surface area contributed by atoms with E-state index in [2.05, 4.69) is 5.10 Å². The maximum atomic E-state index is 14.4. The molecule has 5 rings (SSSR count). The summed E-state index contributed by atoms with van der Waals surface area (Å²) in [4.78, 5) is 15.4. The third-order valence-electron chi connectivity index (χ3n) is 5.99. The molecule has 28 heavy (non-hydrogen) atoms. The second-order valence-electron chi connectivity index (χ2n) is 7.66. The molecule has 1 aromatic carbocycles. The number of fused-ring (bicyclic) bond motifs is 1. The van der Waals surface area contributed by atoms with Crippen LogP contribution in [0, 0.1) is 5.82 Å². The number of nitrogens with zero attached hydrogens (tertiary/aromatic N) is 3. The van der Waals surface area contributed by atoms with E-state index in [1.54, 1.807) is 22.9 Å². The number of aromatic nitrogens is 2. The molecule has 2 aromatic rings. The Morgan fingerprint density at radius 2 is 1.93 bits per heavy atom. The molecule has 1 aromatic heterocycles. The highest BCUT2D eigenvalue weighted by Gasteiger charge is 2.39. The van der Waals surface area contributed by atoms with Crippen molar-refractivity contribution in [1.29, 1.82) is 0 Å². The van der Waals surface area contributed by atoms with Crippen molar-refractivity contribution in [3.05, 3.63) is 47.0 Å². The Kier molecular flexibility index (Phi) is 4.64. The summed E-state index contributed by atoms with van der Waals surface area (Å²) >= 11 is 0. The van der Waals surface area contributed by atoms with E-state index in [-0.39, 0.29) is 24.1 Å². The van der Waals surface area contributed by atoms with Crippen molar-refractivity contribution in [1.82, 2.24) is 14.7 Å². The highest BCUT2D eigenvalue weighted by Crippen LogP contribution is 2.32. The number of likely N-dealkylation sites (tertiary alicyclic amines) is 1. The van der Waals surface area contributed by atoms with Gasteiger partial charge in [0.25, 0.3) is 5.91 Å². The number of halogens is 1. The van der Waals surface area contributed by atoms with E-state index in [9.17, 15) is 9.18 Å². The lowest BCUT2D eigenvalue weighted by Gasteiger charge is -2.37. The molecular formula is C21H24FN3O3. The molecule has 2 fully saturated rings. The highest BCUT2D eigenvalue weighted by atomic mass is 19.1. The van der Waals surface area contributed by atoms with E-state index in [4.69, 9.17) is 9.47 Å². The van der Waals surface area contributed by atoms with Gasteiger partial charge in [-0.15, -0.1) is 0 Å². The number of piperidine rings is 1. The normalized spacial score (nSPS) is 22.6. The van der Waals surface area contributed by atoms with Gasteiger partial charge in [-0.2, -0.15) is 5.10 Å². The van der Waals surface area contributed by atoms with E-state index in [0.717, 1.165) is 49.8 Å². The maximum Gasteiger partial charge on any atom is 0.275 e. The first kappa shape index (κ1) is 17.8. The van der Waals surface area contributed by atoms with Gasteiger partial charge < -0.3 is 14.4 Å². The number of carbonyl (C=O) groups is 1. The van der Waals surface area contributed by atoms with Crippen LogP contribution in [0.1, 0.15) is 47.4 Å². The average Bonchev–Trinajstić information content (AvgIpc) is 3.46. The van der Waals surface area contributed by atoms with Crippen LogP contribution in [0.4, 0.5) is 4.39 Å². The van der Waals surface area contributed by atoms with Gasteiger partial charge in [0.05, 0.1) is 19.3 Å². The molecule has 1 aliphatic carbocycles. The van der Waals surface area contributed by atoms with Crippen molar-refractivity contribution in [2.75, 3.05) is 19.8 Å². The lowest BCUT2D eigenvalue weighted by atomic mass is 10.0. The first-order valence-electron chi connectivity index (χ1n) is 10.1. The Hall–Kier alpha value is -2.25. The number of benzene rings is 1. The molecule has 3 heterocycles. The summed E-state index contributed by atoms with van der Waals surface area (Å²) in [5.74, 6) is -0.417. The summed E-state index contributed by atoms with van der Waals surface area (Å²) in [5.41, 5.74) is 2.78. The number of hydrogen-bond acceptors (Lipinski definition) is 4. The fourth-order valence-corrected chi connectivity index (χ4v) is 4.66. The third-order valence-corrected chi connectivity index (χ3v) is 5.99. The van der Waals surface area contributed by atoms with Crippen LogP contribution in [0.3, 0.4) is 0 Å². The minimum absolute atomic E-state index is 0.0839. The van der Waals surface area contributed by atoms with Crippen LogP contribution in [0.2, 0.25) is 0 Å². The lowest BCUT2D eigenvalue weighted by Crippen LogP contribution is -2.50. The van der Waals surface area contributed by atoms with E-state index >= 15 is 0 Å². The molecule has 6 nitrogen and oxygen atoms in total. The average molecular weight is 385 g/mol. The highest BCUT2D eigenvalue weighted by molar-refractivity contribution is 5.94. The van der Waals surface area contributed by atoms with Crippen LogP contribution < -0.4 is 0 Å². The zero-order valence-corrected chi connectivity index (χ0v) is 15.8. The van der Waals surface area contributed by atoms with Gasteiger partial charge in [-0.3, -0.25) is 4.79 Å². The maximum absolute atomic E-state index is 14.4. The second-order valence-corrected chi connectivity index (χ2v) is 7.66. The largest absolute Gasteiger partial charge is 0.348 e.